The lowest BCUT2D eigenvalue weighted by atomic mass is 9.83. The summed E-state index contributed by atoms with van der Waals surface area (Å²) in [6, 6.07) is 2.20. The van der Waals surface area contributed by atoms with Gasteiger partial charge in [0.2, 0.25) is 10.0 Å². The van der Waals surface area contributed by atoms with Crippen LogP contribution in [0.4, 0.5) is 5.82 Å². The largest absolute Gasteiger partial charge is 0.356 e. The molecule has 1 aromatic rings. The molecular formula is C16H24N4O2S. The maximum atomic E-state index is 12.0. The molecule has 0 spiro atoms. The normalized spacial score (nSPS) is 23.7. The van der Waals surface area contributed by atoms with Gasteiger partial charge in [0.1, 0.15) is 12.1 Å². The number of nitrogens with one attached hydrogen (secondary N) is 1. The summed E-state index contributed by atoms with van der Waals surface area (Å²) in [5.41, 5.74) is 1.16. The number of rotatable bonds is 5. The summed E-state index contributed by atoms with van der Waals surface area (Å²) in [5, 5.41) is -0.132. The second kappa shape index (κ2) is 6.02. The van der Waals surface area contributed by atoms with Crippen LogP contribution in [0.5, 0.6) is 0 Å². The van der Waals surface area contributed by atoms with Gasteiger partial charge < -0.3 is 4.90 Å². The van der Waals surface area contributed by atoms with E-state index >= 15 is 0 Å². The van der Waals surface area contributed by atoms with E-state index in [0.29, 0.717) is 5.92 Å². The molecule has 23 heavy (non-hydrogen) atoms. The molecule has 0 bridgehead atoms. The molecule has 3 aliphatic rings. The zero-order valence-corrected chi connectivity index (χ0v) is 14.1. The molecule has 0 aromatic carbocycles. The van der Waals surface area contributed by atoms with E-state index in [0.717, 1.165) is 50.3 Å². The molecule has 126 valence electrons. The lowest BCUT2D eigenvalue weighted by Crippen LogP contribution is -2.45. The van der Waals surface area contributed by atoms with Gasteiger partial charge in [0, 0.05) is 36.8 Å². The van der Waals surface area contributed by atoms with Gasteiger partial charge in [-0.3, -0.25) is 0 Å². The molecule has 0 radical (unpaired) electrons. The van der Waals surface area contributed by atoms with Gasteiger partial charge in [0.05, 0.1) is 5.25 Å². The Morgan fingerprint density at radius 1 is 1.04 bits per heavy atom. The maximum absolute atomic E-state index is 12.0. The van der Waals surface area contributed by atoms with Crippen LogP contribution in [-0.2, 0) is 10.0 Å². The highest BCUT2D eigenvalue weighted by atomic mass is 32.2. The molecule has 0 amide bonds. The Balaban J connectivity index is 1.35. The molecule has 2 saturated carbocycles. The third-order valence-corrected chi connectivity index (χ3v) is 7.32. The van der Waals surface area contributed by atoms with Gasteiger partial charge in [0.25, 0.3) is 0 Å². The van der Waals surface area contributed by atoms with Crippen molar-refractivity contribution in [3.05, 3.63) is 18.1 Å². The molecule has 7 heteroatoms. The molecule has 3 fully saturated rings. The number of hydrogen-bond donors (Lipinski definition) is 1. The summed E-state index contributed by atoms with van der Waals surface area (Å²) in [7, 11) is -3.08. The SMILES string of the molecule is O=S(=O)(NC1CCN(c2cc(C3CCC3)ncn2)CC1)C1CC1. The van der Waals surface area contributed by atoms with Crippen LogP contribution in [0.2, 0.25) is 0 Å². The van der Waals surface area contributed by atoms with Gasteiger partial charge in [-0.1, -0.05) is 6.42 Å². The Morgan fingerprint density at radius 2 is 1.78 bits per heavy atom. The van der Waals surface area contributed by atoms with Crippen LogP contribution < -0.4 is 9.62 Å². The highest BCUT2D eigenvalue weighted by Gasteiger charge is 2.37. The van der Waals surface area contributed by atoms with Crippen molar-refractivity contribution < 1.29 is 8.42 Å². The van der Waals surface area contributed by atoms with Crippen molar-refractivity contribution in [3.63, 3.8) is 0 Å². The van der Waals surface area contributed by atoms with Gasteiger partial charge >= 0.3 is 0 Å². The number of aromatic nitrogens is 2. The fourth-order valence-electron chi connectivity index (χ4n) is 3.40. The summed E-state index contributed by atoms with van der Waals surface area (Å²) < 4.78 is 26.9. The number of hydrogen-bond acceptors (Lipinski definition) is 5. The van der Waals surface area contributed by atoms with Crippen molar-refractivity contribution in [2.24, 2.45) is 0 Å². The van der Waals surface area contributed by atoms with Crippen molar-refractivity contribution in [2.45, 2.75) is 62.2 Å². The molecule has 1 N–H and O–H groups in total. The van der Waals surface area contributed by atoms with Crippen LogP contribution in [0.15, 0.2) is 12.4 Å². The highest BCUT2D eigenvalue weighted by molar-refractivity contribution is 7.90. The maximum Gasteiger partial charge on any atom is 0.214 e. The van der Waals surface area contributed by atoms with E-state index in [1.165, 1.54) is 19.3 Å². The molecule has 0 atom stereocenters. The lowest BCUT2D eigenvalue weighted by molar-refractivity contribution is 0.410. The Labute approximate surface area is 137 Å². The highest BCUT2D eigenvalue weighted by Crippen LogP contribution is 2.36. The van der Waals surface area contributed by atoms with Crippen molar-refractivity contribution in [1.82, 2.24) is 14.7 Å². The van der Waals surface area contributed by atoms with E-state index in [-0.39, 0.29) is 11.3 Å². The average Bonchev–Trinajstić information content (AvgIpc) is 3.31. The summed E-state index contributed by atoms with van der Waals surface area (Å²) in [6.45, 7) is 1.69. The second-order valence-corrected chi connectivity index (χ2v) is 9.04. The van der Waals surface area contributed by atoms with Gasteiger partial charge in [-0.15, -0.1) is 0 Å². The third kappa shape index (κ3) is 3.35. The Morgan fingerprint density at radius 3 is 2.39 bits per heavy atom. The van der Waals surface area contributed by atoms with Crippen LogP contribution in [0, 0.1) is 0 Å². The predicted molar refractivity (Wildman–Crippen MR) is 88.9 cm³/mol. The quantitative estimate of drug-likeness (QED) is 0.887. The minimum Gasteiger partial charge on any atom is -0.356 e. The predicted octanol–water partition coefficient (Wildman–Crippen LogP) is 1.79. The molecule has 6 nitrogen and oxygen atoms in total. The van der Waals surface area contributed by atoms with Crippen molar-refractivity contribution in [2.75, 3.05) is 18.0 Å². The monoisotopic (exact) mass is 336 g/mol. The van der Waals surface area contributed by atoms with Crippen LogP contribution in [0.1, 0.15) is 56.6 Å². The first kappa shape index (κ1) is 15.3. The Kier molecular flexibility index (Phi) is 4.01. The standard InChI is InChI=1S/C16H24N4O2S/c21-23(22,14-4-5-14)19-13-6-8-20(9-7-13)16-10-15(17-11-18-16)12-2-1-3-12/h10-14,19H,1-9H2. The smallest absolute Gasteiger partial charge is 0.214 e. The fourth-order valence-corrected chi connectivity index (χ4v) is 5.04. The van der Waals surface area contributed by atoms with Crippen molar-refractivity contribution in [3.8, 4) is 0 Å². The first-order chi connectivity index (χ1) is 11.1. The molecule has 0 unspecified atom stereocenters. The zero-order chi connectivity index (χ0) is 15.9. The summed E-state index contributed by atoms with van der Waals surface area (Å²) in [5.74, 6) is 1.60. The Hall–Kier alpha value is -1.21. The van der Waals surface area contributed by atoms with Gasteiger partial charge in [-0.25, -0.2) is 23.1 Å². The molecule has 1 saturated heterocycles. The number of anilines is 1. The van der Waals surface area contributed by atoms with Crippen LogP contribution in [-0.4, -0.2) is 42.8 Å². The van der Waals surface area contributed by atoms with Crippen molar-refractivity contribution >= 4 is 15.8 Å². The third-order valence-electron chi connectivity index (χ3n) is 5.31. The summed E-state index contributed by atoms with van der Waals surface area (Å²) in [4.78, 5) is 11.1. The first-order valence-electron chi connectivity index (χ1n) is 8.70. The molecule has 4 rings (SSSR count). The van der Waals surface area contributed by atoms with Gasteiger partial charge in [0.15, 0.2) is 0 Å². The number of nitrogens with zero attached hydrogens (tertiary/aromatic N) is 3. The fraction of sp³-hybridized carbons (Fsp3) is 0.750. The molecule has 2 aliphatic carbocycles. The number of sulfonamides is 1. The number of piperidine rings is 1. The lowest BCUT2D eigenvalue weighted by Gasteiger charge is -2.33. The Bertz CT molecular complexity index is 662. The van der Waals surface area contributed by atoms with E-state index in [9.17, 15) is 8.42 Å². The molecule has 1 aliphatic heterocycles. The van der Waals surface area contributed by atoms with E-state index in [1.807, 2.05) is 0 Å². The van der Waals surface area contributed by atoms with Crippen molar-refractivity contribution in [1.29, 1.82) is 0 Å². The second-order valence-electron chi connectivity index (χ2n) is 7.05. The van der Waals surface area contributed by atoms with E-state index < -0.39 is 10.0 Å². The average molecular weight is 336 g/mol. The summed E-state index contributed by atoms with van der Waals surface area (Å²) in [6.07, 6.45) is 8.77. The minimum absolute atomic E-state index is 0.0739. The zero-order valence-electron chi connectivity index (χ0n) is 13.3. The summed E-state index contributed by atoms with van der Waals surface area (Å²) >= 11 is 0. The van der Waals surface area contributed by atoms with E-state index in [1.54, 1.807) is 6.33 Å². The van der Waals surface area contributed by atoms with Gasteiger partial charge in [-0.05, 0) is 38.5 Å². The van der Waals surface area contributed by atoms with Crippen LogP contribution >= 0.6 is 0 Å². The minimum atomic E-state index is -3.08. The van der Waals surface area contributed by atoms with Gasteiger partial charge in [-0.2, -0.15) is 0 Å². The van der Waals surface area contributed by atoms with E-state index in [2.05, 4.69) is 25.7 Å². The molecule has 1 aromatic heterocycles. The van der Waals surface area contributed by atoms with Crippen LogP contribution in [0.3, 0.4) is 0 Å². The molecular weight excluding hydrogens is 312 g/mol. The first-order valence-corrected chi connectivity index (χ1v) is 10.2. The van der Waals surface area contributed by atoms with E-state index in [4.69, 9.17) is 0 Å². The molecule has 2 heterocycles. The topological polar surface area (TPSA) is 75.2 Å². The van der Waals surface area contributed by atoms with Crippen LogP contribution in [0.25, 0.3) is 0 Å².